The Kier molecular flexibility index (Phi) is 3.69. The van der Waals surface area contributed by atoms with E-state index in [1.54, 1.807) is 13.0 Å². The number of aromatic nitrogens is 1. The van der Waals surface area contributed by atoms with Gasteiger partial charge in [0, 0.05) is 18.3 Å². The summed E-state index contributed by atoms with van der Waals surface area (Å²) in [6.45, 7) is 1.68. The second-order valence-electron chi connectivity index (χ2n) is 5.42. The molecule has 0 aliphatic heterocycles. The van der Waals surface area contributed by atoms with E-state index in [9.17, 15) is 24.9 Å². The summed E-state index contributed by atoms with van der Waals surface area (Å²) in [5.41, 5.74) is 0.832. The fourth-order valence-corrected chi connectivity index (χ4v) is 2.49. The lowest BCUT2D eigenvalue weighted by molar-refractivity contribution is 0.0972. The highest BCUT2D eigenvalue weighted by atomic mass is 16.3. The molecular formula is C17H14N2O5. The summed E-state index contributed by atoms with van der Waals surface area (Å²) in [5, 5.41) is 31.4. The number of phenolic OH excluding ortho intramolecular Hbond substituents is 3. The second kappa shape index (κ2) is 5.69. The Morgan fingerprint density at radius 3 is 2.46 bits per heavy atom. The minimum Gasteiger partial charge on any atom is -0.504 e. The van der Waals surface area contributed by atoms with E-state index in [0.29, 0.717) is 5.56 Å². The van der Waals surface area contributed by atoms with E-state index in [2.05, 4.69) is 10.3 Å². The Bertz CT molecular complexity index is 865. The van der Waals surface area contributed by atoms with Crippen molar-refractivity contribution in [2.75, 3.05) is 0 Å². The molecule has 0 fully saturated rings. The van der Waals surface area contributed by atoms with Gasteiger partial charge >= 0.3 is 0 Å². The van der Waals surface area contributed by atoms with Crippen LogP contribution in [0.25, 0.3) is 0 Å². The van der Waals surface area contributed by atoms with Gasteiger partial charge in [0.15, 0.2) is 23.0 Å². The summed E-state index contributed by atoms with van der Waals surface area (Å²) < 4.78 is 0. The summed E-state index contributed by atoms with van der Waals surface area (Å²) in [6.07, 6.45) is 2.63. The van der Waals surface area contributed by atoms with E-state index in [1.165, 1.54) is 30.5 Å². The van der Waals surface area contributed by atoms with Gasteiger partial charge in [-0.05, 0) is 36.8 Å². The van der Waals surface area contributed by atoms with Crippen molar-refractivity contribution in [1.29, 1.82) is 0 Å². The smallest absolute Gasteiger partial charge is 0.228 e. The molecule has 0 saturated heterocycles. The number of nitrogens with zero attached hydrogens (tertiary/aromatic N) is 1. The zero-order valence-electron chi connectivity index (χ0n) is 12.6. The van der Waals surface area contributed by atoms with Crippen LogP contribution in [-0.2, 0) is 0 Å². The van der Waals surface area contributed by atoms with E-state index < -0.39 is 29.1 Å². The van der Waals surface area contributed by atoms with Crippen LogP contribution in [0.3, 0.4) is 0 Å². The lowest BCUT2D eigenvalue weighted by Crippen LogP contribution is -2.29. The number of hydrogen-bond acceptors (Lipinski definition) is 7. The molecule has 3 rings (SSSR count). The maximum absolute atomic E-state index is 12.4. The molecule has 1 aromatic carbocycles. The summed E-state index contributed by atoms with van der Waals surface area (Å²) in [5.74, 6) is -2.32. The van der Waals surface area contributed by atoms with Gasteiger partial charge in [-0.15, -0.1) is 0 Å². The van der Waals surface area contributed by atoms with Gasteiger partial charge in [-0.3, -0.25) is 14.6 Å². The first-order valence-corrected chi connectivity index (χ1v) is 7.15. The Hall–Kier alpha value is -3.35. The first-order chi connectivity index (χ1) is 11.4. The van der Waals surface area contributed by atoms with Crippen molar-refractivity contribution in [3.63, 3.8) is 0 Å². The van der Waals surface area contributed by atoms with Crippen molar-refractivity contribution in [1.82, 2.24) is 10.3 Å². The molecule has 122 valence electrons. The van der Waals surface area contributed by atoms with Gasteiger partial charge in [0.2, 0.25) is 5.78 Å². The molecule has 1 aliphatic rings. The van der Waals surface area contributed by atoms with E-state index in [1.807, 2.05) is 0 Å². The number of carbonyl (C=O) groups is 2. The van der Waals surface area contributed by atoms with Gasteiger partial charge in [-0.2, -0.15) is 0 Å². The Morgan fingerprint density at radius 2 is 1.79 bits per heavy atom. The Balaban J connectivity index is 1.89. The quantitative estimate of drug-likeness (QED) is 0.635. The average Bonchev–Trinajstić information content (AvgIpc) is 2.56. The number of nitrogens with one attached hydrogen (secondary N) is 1. The number of rotatable bonds is 3. The monoisotopic (exact) mass is 326 g/mol. The Labute approximate surface area is 136 Å². The molecule has 4 N–H and O–H groups in total. The van der Waals surface area contributed by atoms with Crippen LogP contribution in [0.2, 0.25) is 0 Å². The van der Waals surface area contributed by atoms with Gasteiger partial charge in [0.05, 0.1) is 11.3 Å². The molecule has 1 aliphatic carbocycles. The standard InChI is InChI=1S/C17H14N2O5/c1-8(9-5-13(21)17(24)14(22)6-9)19-11-7-12(20)10-3-2-4-18-15(10)16(11)23/h2-8,19,21-22,24H,1H3. The van der Waals surface area contributed by atoms with E-state index in [0.717, 1.165) is 0 Å². The minimum atomic E-state index is -0.618. The maximum atomic E-state index is 12.4. The summed E-state index contributed by atoms with van der Waals surface area (Å²) in [4.78, 5) is 28.5. The molecule has 1 heterocycles. The number of aromatic hydroxyl groups is 3. The molecule has 2 aromatic rings. The van der Waals surface area contributed by atoms with Crippen LogP contribution < -0.4 is 5.32 Å². The largest absolute Gasteiger partial charge is 0.504 e. The molecule has 0 amide bonds. The SMILES string of the molecule is CC(NC1=CC(=O)c2cccnc2C1=O)c1cc(O)c(O)c(O)c1. The van der Waals surface area contributed by atoms with Crippen LogP contribution in [0.5, 0.6) is 17.2 Å². The predicted molar refractivity (Wildman–Crippen MR) is 84.0 cm³/mol. The normalized spacial score (nSPS) is 14.8. The van der Waals surface area contributed by atoms with Crippen molar-refractivity contribution < 1.29 is 24.9 Å². The molecule has 0 spiro atoms. The van der Waals surface area contributed by atoms with Crippen LogP contribution in [-0.4, -0.2) is 31.9 Å². The van der Waals surface area contributed by atoms with Gasteiger partial charge in [0.25, 0.3) is 0 Å². The highest BCUT2D eigenvalue weighted by Gasteiger charge is 2.27. The first kappa shape index (κ1) is 15.5. The third-order valence-electron chi connectivity index (χ3n) is 3.77. The van der Waals surface area contributed by atoms with Gasteiger partial charge in [-0.1, -0.05) is 0 Å². The fraction of sp³-hybridized carbons (Fsp3) is 0.118. The highest BCUT2D eigenvalue weighted by Crippen LogP contribution is 2.37. The fourth-order valence-electron chi connectivity index (χ4n) is 2.49. The second-order valence-corrected chi connectivity index (χ2v) is 5.42. The number of ketones is 2. The van der Waals surface area contributed by atoms with Crippen LogP contribution in [0.4, 0.5) is 0 Å². The number of Topliss-reactive ketones (excluding diaryl/α,β-unsaturated/α-hetero) is 1. The first-order valence-electron chi connectivity index (χ1n) is 7.15. The maximum Gasteiger partial charge on any atom is 0.228 e. The zero-order chi connectivity index (χ0) is 17.4. The topological polar surface area (TPSA) is 120 Å². The molecule has 24 heavy (non-hydrogen) atoms. The third-order valence-corrected chi connectivity index (χ3v) is 3.77. The number of phenols is 3. The minimum absolute atomic E-state index is 0.0748. The zero-order valence-corrected chi connectivity index (χ0v) is 12.6. The van der Waals surface area contributed by atoms with Crippen LogP contribution in [0, 0.1) is 0 Å². The van der Waals surface area contributed by atoms with Crippen LogP contribution >= 0.6 is 0 Å². The molecule has 7 heteroatoms. The molecule has 1 aromatic heterocycles. The average molecular weight is 326 g/mol. The van der Waals surface area contributed by atoms with Crippen LogP contribution in [0.1, 0.15) is 39.4 Å². The number of allylic oxidation sites excluding steroid dienone is 2. The number of carbonyl (C=O) groups excluding carboxylic acids is 2. The van der Waals surface area contributed by atoms with E-state index >= 15 is 0 Å². The molecule has 1 atom stereocenters. The lowest BCUT2D eigenvalue weighted by atomic mass is 9.96. The van der Waals surface area contributed by atoms with Gasteiger partial charge in [-0.25, -0.2) is 0 Å². The number of pyridine rings is 1. The van der Waals surface area contributed by atoms with Crippen molar-refractivity contribution in [2.24, 2.45) is 0 Å². The number of hydrogen-bond donors (Lipinski definition) is 4. The Morgan fingerprint density at radius 1 is 1.12 bits per heavy atom. The molecular weight excluding hydrogens is 312 g/mol. The van der Waals surface area contributed by atoms with E-state index in [4.69, 9.17) is 0 Å². The number of fused-ring (bicyclic) bond motifs is 1. The van der Waals surface area contributed by atoms with E-state index in [-0.39, 0.29) is 22.7 Å². The summed E-state index contributed by atoms with van der Waals surface area (Å²) in [6, 6.07) is 5.12. The van der Waals surface area contributed by atoms with Gasteiger partial charge in [0.1, 0.15) is 5.69 Å². The molecule has 0 bridgehead atoms. The van der Waals surface area contributed by atoms with Crippen LogP contribution in [0.15, 0.2) is 42.2 Å². The third kappa shape index (κ3) is 2.56. The molecule has 1 unspecified atom stereocenters. The molecule has 0 radical (unpaired) electrons. The van der Waals surface area contributed by atoms with Crippen molar-refractivity contribution >= 4 is 11.6 Å². The molecule has 0 saturated carbocycles. The van der Waals surface area contributed by atoms with Crippen molar-refractivity contribution in [2.45, 2.75) is 13.0 Å². The highest BCUT2D eigenvalue weighted by molar-refractivity contribution is 6.23. The van der Waals surface area contributed by atoms with Gasteiger partial charge < -0.3 is 20.6 Å². The lowest BCUT2D eigenvalue weighted by Gasteiger charge is -2.21. The number of benzene rings is 1. The van der Waals surface area contributed by atoms with Crippen molar-refractivity contribution in [3.8, 4) is 17.2 Å². The summed E-state index contributed by atoms with van der Waals surface area (Å²) in [7, 11) is 0. The molecule has 7 nitrogen and oxygen atoms in total. The summed E-state index contributed by atoms with van der Waals surface area (Å²) >= 11 is 0. The van der Waals surface area contributed by atoms with Crippen molar-refractivity contribution in [3.05, 3.63) is 59.1 Å². The predicted octanol–water partition coefficient (Wildman–Crippen LogP) is 1.81.